The van der Waals surface area contributed by atoms with E-state index in [4.69, 9.17) is 9.47 Å². The lowest BCUT2D eigenvalue weighted by atomic mass is 10.1. The molecule has 5 heteroatoms. The molecule has 0 spiro atoms. The zero-order chi connectivity index (χ0) is 14.7. The highest BCUT2D eigenvalue weighted by molar-refractivity contribution is 5.55. The van der Waals surface area contributed by atoms with E-state index < -0.39 is 5.63 Å². The topological polar surface area (TPSA) is 64.5 Å². The Balaban J connectivity index is 2.48. The maximum absolute atomic E-state index is 11.5. The molecule has 0 saturated carbocycles. The average Bonchev–Trinajstić information content (AvgIpc) is 2.71. The van der Waals surface area contributed by atoms with Crippen LogP contribution < -0.4 is 25.7 Å². The SMILES string of the molecule is C=c1[nH]oc(=O)/c1=C\c1ccc(OC(C)C)c(OC)c1. The van der Waals surface area contributed by atoms with E-state index >= 15 is 0 Å². The molecule has 0 unspecified atom stereocenters. The Morgan fingerprint density at radius 2 is 2.10 bits per heavy atom. The lowest BCUT2D eigenvalue weighted by molar-refractivity contribution is 0.230. The molecule has 0 aliphatic rings. The molecule has 0 radical (unpaired) electrons. The van der Waals surface area contributed by atoms with Crippen molar-refractivity contribution in [1.82, 2.24) is 5.16 Å². The Labute approximate surface area is 116 Å². The number of rotatable bonds is 4. The van der Waals surface area contributed by atoms with E-state index in [2.05, 4.69) is 16.3 Å². The zero-order valence-electron chi connectivity index (χ0n) is 11.7. The first-order valence-electron chi connectivity index (χ1n) is 6.24. The summed E-state index contributed by atoms with van der Waals surface area (Å²) in [6, 6.07) is 5.44. The Morgan fingerprint density at radius 3 is 2.65 bits per heavy atom. The third-order valence-electron chi connectivity index (χ3n) is 2.67. The van der Waals surface area contributed by atoms with Gasteiger partial charge < -0.3 is 14.0 Å². The van der Waals surface area contributed by atoms with E-state index in [0.717, 1.165) is 5.56 Å². The summed E-state index contributed by atoms with van der Waals surface area (Å²) in [6.07, 6.45) is 1.74. The molecule has 1 N–H and O–H groups in total. The molecular formula is C15H17NO4. The highest BCUT2D eigenvalue weighted by atomic mass is 16.5. The first-order chi connectivity index (χ1) is 9.51. The summed E-state index contributed by atoms with van der Waals surface area (Å²) in [5.41, 5.74) is 0.353. The van der Waals surface area contributed by atoms with Gasteiger partial charge in [-0.3, -0.25) is 0 Å². The van der Waals surface area contributed by atoms with Crippen LogP contribution in [0, 0.1) is 0 Å². The monoisotopic (exact) mass is 275 g/mol. The molecular weight excluding hydrogens is 258 g/mol. The van der Waals surface area contributed by atoms with Crippen LogP contribution in [0.3, 0.4) is 0 Å². The number of aromatic nitrogens is 1. The molecule has 1 aromatic carbocycles. The van der Waals surface area contributed by atoms with Gasteiger partial charge in [-0.1, -0.05) is 12.6 Å². The molecule has 106 valence electrons. The van der Waals surface area contributed by atoms with Gasteiger partial charge in [0.2, 0.25) is 0 Å². The summed E-state index contributed by atoms with van der Waals surface area (Å²) in [5.74, 6) is 1.27. The smallest absolute Gasteiger partial charge is 0.365 e. The second-order valence-corrected chi connectivity index (χ2v) is 4.61. The van der Waals surface area contributed by atoms with Crippen molar-refractivity contribution in [2.24, 2.45) is 0 Å². The Hall–Kier alpha value is -2.43. The number of hydrogen-bond donors (Lipinski definition) is 1. The van der Waals surface area contributed by atoms with E-state index in [1.54, 1.807) is 19.3 Å². The van der Waals surface area contributed by atoms with Gasteiger partial charge in [-0.2, -0.15) is 0 Å². The highest BCUT2D eigenvalue weighted by Gasteiger charge is 2.07. The summed E-state index contributed by atoms with van der Waals surface area (Å²) in [5, 5.41) is 3.27. The molecule has 0 saturated heterocycles. The highest BCUT2D eigenvalue weighted by Crippen LogP contribution is 2.29. The number of hydrogen-bond acceptors (Lipinski definition) is 4. The molecule has 2 aromatic rings. The summed E-state index contributed by atoms with van der Waals surface area (Å²) in [7, 11) is 1.57. The average molecular weight is 275 g/mol. The minimum atomic E-state index is -0.448. The second kappa shape index (κ2) is 5.69. The van der Waals surface area contributed by atoms with E-state index in [0.29, 0.717) is 22.1 Å². The fourth-order valence-electron chi connectivity index (χ4n) is 1.78. The van der Waals surface area contributed by atoms with Gasteiger partial charge in [-0.25, -0.2) is 9.95 Å². The molecule has 20 heavy (non-hydrogen) atoms. The van der Waals surface area contributed by atoms with Crippen LogP contribution in [0.15, 0.2) is 27.5 Å². The first kappa shape index (κ1) is 14.0. The van der Waals surface area contributed by atoms with Crippen molar-refractivity contribution >= 4 is 12.7 Å². The van der Waals surface area contributed by atoms with E-state index in [1.807, 2.05) is 26.0 Å². The summed E-state index contributed by atoms with van der Waals surface area (Å²) in [6.45, 7) is 7.59. The largest absolute Gasteiger partial charge is 0.493 e. The fraction of sp³-hybridized carbons (Fsp3) is 0.267. The van der Waals surface area contributed by atoms with Gasteiger partial charge in [-0.15, -0.1) is 0 Å². The van der Waals surface area contributed by atoms with Crippen LogP contribution in [0.4, 0.5) is 0 Å². The molecule has 1 aromatic heterocycles. The van der Waals surface area contributed by atoms with Crippen LogP contribution in [0.1, 0.15) is 19.4 Å². The molecule has 5 nitrogen and oxygen atoms in total. The van der Waals surface area contributed by atoms with Gasteiger partial charge in [0.1, 0.15) is 0 Å². The van der Waals surface area contributed by atoms with Crippen molar-refractivity contribution in [2.45, 2.75) is 20.0 Å². The third kappa shape index (κ3) is 2.93. The number of methoxy groups -OCH3 is 1. The van der Waals surface area contributed by atoms with Gasteiger partial charge in [0, 0.05) is 0 Å². The number of aromatic amines is 1. The van der Waals surface area contributed by atoms with Crippen LogP contribution in [0.5, 0.6) is 11.5 Å². The normalized spacial score (nSPS) is 11.9. The van der Waals surface area contributed by atoms with Crippen LogP contribution in [-0.2, 0) is 0 Å². The third-order valence-corrected chi connectivity index (χ3v) is 2.67. The number of benzene rings is 1. The van der Waals surface area contributed by atoms with E-state index in [1.165, 1.54) is 0 Å². The molecule has 0 aliphatic heterocycles. The molecule has 0 fully saturated rings. The van der Waals surface area contributed by atoms with E-state index in [-0.39, 0.29) is 6.10 Å². The molecule has 0 amide bonds. The minimum Gasteiger partial charge on any atom is -0.493 e. The minimum absolute atomic E-state index is 0.0573. The molecule has 0 atom stereocenters. The predicted molar refractivity (Wildman–Crippen MR) is 76.4 cm³/mol. The van der Waals surface area contributed by atoms with Crippen molar-refractivity contribution in [3.8, 4) is 11.5 Å². The van der Waals surface area contributed by atoms with Crippen LogP contribution in [0.25, 0.3) is 12.7 Å². The van der Waals surface area contributed by atoms with Crippen molar-refractivity contribution in [3.63, 3.8) is 0 Å². The lowest BCUT2D eigenvalue weighted by Gasteiger charge is -2.13. The number of nitrogens with one attached hydrogen (secondary N) is 1. The van der Waals surface area contributed by atoms with Gasteiger partial charge in [0.25, 0.3) is 0 Å². The maximum Gasteiger partial charge on any atom is 0.365 e. The van der Waals surface area contributed by atoms with Crippen LogP contribution >= 0.6 is 0 Å². The number of ether oxygens (including phenoxy) is 2. The molecule has 0 aliphatic carbocycles. The van der Waals surface area contributed by atoms with Crippen molar-refractivity contribution < 1.29 is 14.0 Å². The predicted octanol–water partition coefficient (Wildman–Crippen LogP) is 1.00. The van der Waals surface area contributed by atoms with Crippen molar-refractivity contribution in [2.75, 3.05) is 7.11 Å². The summed E-state index contributed by atoms with van der Waals surface area (Å²) in [4.78, 5) is 11.5. The first-order valence-corrected chi connectivity index (χ1v) is 6.24. The van der Waals surface area contributed by atoms with E-state index in [9.17, 15) is 4.79 Å². The quantitative estimate of drug-likeness (QED) is 0.904. The zero-order valence-corrected chi connectivity index (χ0v) is 11.7. The van der Waals surface area contributed by atoms with Gasteiger partial charge in [0.05, 0.1) is 23.8 Å². The molecule has 1 heterocycles. The summed E-state index contributed by atoms with van der Waals surface area (Å²) < 4.78 is 15.6. The summed E-state index contributed by atoms with van der Waals surface area (Å²) >= 11 is 0. The molecule has 0 bridgehead atoms. The maximum atomic E-state index is 11.5. The second-order valence-electron chi connectivity index (χ2n) is 4.61. The van der Waals surface area contributed by atoms with Crippen LogP contribution in [0.2, 0.25) is 0 Å². The standard InChI is InChI=1S/C15H17NO4/c1-9(2)19-13-6-5-11(8-14(13)18-4)7-12-10(3)16-20-15(12)17/h5-9,16H,3H2,1-2,4H3/b12-7-. The van der Waals surface area contributed by atoms with Gasteiger partial charge in [0.15, 0.2) is 11.5 Å². The van der Waals surface area contributed by atoms with Crippen molar-refractivity contribution in [3.05, 3.63) is 44.8 Å². The van der Waals surface area contributed by atoms with Gasteiger partial charge in [-0.05, 0) is 37.6 Å². The van der Waals surface area contributed by atoms with Gasteiger partial charge >= 0.3 is 5.63 Å². The Morgan fingerprint density at radius 1 is 1.35 bits per heavy atom. The fourth-order valence-corrected chi connectivity index (χ4v) is 1.78. The van der Waals surface area contributed by atoms with Crippen molar-refractivity contribution in [1.29, 1.82) is 0 Å². The van der Waals surface area contributed by atoms with Crippen LogP contribution in [-0.4, -0.2) is 18.4 Å². The lowest BCUT2D eigenvalue weighted by Crippen LogP contribution is -2.31. The Kier molecular flexibility index (Phi) is 3.98. The number of H-pyrrole nitrogens is 1. The molecule has 2 rings (SSSR count). The Bertz CT molecular complexity index is 724.